The van der Waals surface area contributed by atoms with Crippen LogP contribution in [0.1, 0.15) is 15.9 Å². The molecular formula is C25H25N3O4S. The van der Waals surface area contributed by atoms with Gasteiger partial charge in [0, 0.05) is 30.4 Å². The molecule has 0 fully saturated rings. The van der Waals surface area contributed by atoms with Crippen LogP contribution in [0.15, 0.2) is 66.2 Å². The van der Waals surface area contributed by atoms with E-state index >= 15 is 0 Å². The van der Waals surface area contributed by atoms with Gasteiger partial charge in [0.25, 0.3) is 5.91 Å². The minimum Gasteiger partial charge on any atom is -0.496 e. The van der Waals surface area contributed by atoms with Crippen molar-refractivity contribution in [2.24, 2.45) is 0 Å². The molecule has 170 valence electrons. The molecule has 0 spiro atoms. The van der Waals surface area contributed by atoms with Crippen molar-refractivity contribution in [2.45, 2.75) is 6.42 Å². The second-order valence-corrected chi connectivity index (χ2v) is 8.11. The molecule has 0 unspecified atom stereocenters. The van der Waals surface area contributed by atoms with Gasteiger partial charge in [-0.25, -0.2) is 4.68 Å². The molecule has 1 amide bonds. The molecule has 1 N–H and O–H groups in total. The van der Waals surface area contributed by atoms with E-state index in [2.05, 4.69) is 5.32 Å². The molecule has 2 aromatic heterocycles. The molecule has 0 radical (unpaired) electrons. The number of aromatic nitrogens is 2. The van der Waals surface area contributed by atoms with Crippen molar-refractivity contribution in [1.82, 2.24) is 15.1 Å². The highest BCUT2D eigenvalue weighted by Gasteiger charge is 2.20. The monoisotopic (exact) mass is 463 g/mol. The van der Waals surface area contributed by atoms with Gasteiger partial charge >= 0.3 is 0 Å². The number of para-hydroxylation sites is 1. The maximum Gasteiger partial charge on any atom is 0.255 e. The van der Waals surface area contributed by atoms with Gasteiger partial charge in [0.15, 0.2) is 0 Å². The third-order valence-corrected chi connectivity index (χ3v) is 6.09. The second kappa shape index (κ2) is 10.2. The number of thiophene rings is 1. The molecular weight excluding hydrogens is 438 g/mol. The molecule has 2 heterocycles. The van der Waals surface area contributed by atoms with Gasteiger partial charge in [0.05, 0.1) is 37.5 Å². The van der Waals surface area contributed by atoms with E-state index in [1.807, 2.05) is 47.8 Å². The van der Waals surface area contributed by atoms with Crippen molar-refractivity contribution >= 4 is 17.2 Å². The van der Waals surface area contributed by atoms with Crippen molar-refractivity contribution < 1.29 is 19.0 Å². The van der Waals surface area contributed by atoms with Crippen LogP contribution in [-0.4, -0.2) is 43.6 Å². The van der Waals surface area contributed by atoms with E-state index < -0.39 is 0 Å². The van der Waals surface area contributed by atoms with Crippen LogP contribution in [0.5, 0.6) is 17.2 Å². The molecule has 7 nitrogen and oxygen atoms in total. The molecule has 2 aromatic carbocycles. The van der Waals surface area contributed by atoms with Crippen LogP contribution >= 0.6 is 11.3 Å². The summed E-state index contributed by atoms with van der Waals surface area (Å²) in [6, 6.07) is 17.3. The van der Waals surface area contributed by atoms with E-state index in [-0.39, 0.29) is 5.91 Å². The second-order valence-electron chi connectivity index (χ2n) is 7.17. The Labute approximate surface area is 196 Å². The van der Waals surface area contributed by atoms with E-state index in [1.54, 1.807) is 55.7 Å². The highest BCUT2D eigenvalue weighted by atomic mass is 32.1. The zero-order valence-corrected chi connectivity index (χ0v) is 19.5. The van der Waals surface area contributed by atoms with Gasteiger partial charge in [-0.3, -0.25) is 4.79 Å². The summed E-state index contributed by atoms with van der Waals surface area (Å²) in [5.41, 5.74) is 2.93. The molecule has 0 saturated heterocycles. The van der Waals surface area contributed by atoms with Crippen molar-refractivity contribution in [3.05, 3.63) is 77.3 Å². The van der Waals surface area contributed by atoms with Gasteiger partial charge in [-0.1, -0.05) is 24.3 Å². The van der Waals surface area contributed by atoms with Gasteiger partial charge in [-0.2, -0.15) is 5.10 Å². The fourth-order valence-corrected chi connectivity index (χ4v) is 4.29. The molecule has 4 aromatic rings. The first-order chi connectivity index (χ1) is 16.1. The molecule has 0 aliphatic carbocycles. The molecule has 0 atom stereocenters. The van der Waals surface area contributed by atoms with Crippen molar-refractivity contribution in [3.8, 4) is 33.5 Å². The standard InChI is InChI=1S/C25H25N3O4S/c1-30-18-14-21(31-2)19(22(15-18)32-3)11-12-26-25(29)20-16-28(17-8-5-4-6-9-17)27-24(20)23-10-7-13-33-23/h4-10,13-16H,11-12H2,1-3H3,(H,26,29). The predicted octanol–water partition coefficient (Wildman–Crippen LogP) is 4.60. The van der Waals surface area contributed by atoms with Gasteiger partial charge in [0.1, 0.15) is 22.9 Å². The van der Waals surface area contributed by atoms with E-state index in [1.165, 1.54) is 0 Å². The van der Waals surface area contributed by atoms with Crippen LogP contribution in [0.3, 0.4) is 0 Å². The Morgan fingerprint density at radius 2 is 1.73 bits per heavy atom. The number of nitrogens with one attached hydrogen (secondary N) is 1. The highest BCUT2D eigenvalue weighted by Crippen LogP contribution is 2.34. The van der Waals surface area contributed by atoms with Crippen LogP contribution in [0.2, 0.25) is 0 Å². The van der Waals surface area contributed by atoms with Crippen molar-refractivity contribution in [1.29, 1.82) is 0 Å². The summed E-state index contributed by atoms with van der Waals surface area (Å²) < 4.78 is 18.1. The Balaban J connectivity index is 1.55. The minimum atomic E-state index is -0.188. The third-order valence-electron chi connectivity index (χ3n) is 5.21. The Hall–Kier alpha value is -3.78. The number of carbonyl (C=O) groups is 1. The highest BCUT2D eigenvalue weighted by molar-refractivity contribution is 7.13. The van der Waals surface area contributed by atoms with E-state index in [9.17, 15) is 4.79 Å². The van der Waals surface area contributed by atoms with Crippen LogP contribution < -0.4 is 19.5 Å². The van der Waals surface area contributed by atoms with Crippen LogP contribution in [0, 0.1) is 0 Å². The molecule has 0 saturated carbocycles. The lowest BCUT2D eigenvalue weighted by molar-refractivity contribution is 0.0954. The first-order valence-electron chi connectivity index (χ1n) is 10.4. The van der Waals surface area contributed by atoms with Gasteiger partial charge < -0.3 is 19.5 Å². The lowest BCUT2D eigenvalue weighted by Crippen LogP contribution is -2.26. The number of methoxy groups -OCH3 is 3. The molecule has 0 aliphatic rings. The van der Waals surface area contributed by atoms with E-state index in [0.717, 1.165) is 16.1 Å². The maximum absolute atomic E-state index is 13.2. The van der Waals surface area contributed by atoms with Crippen molar-refractivity contribution in [2.75, 3.05) is 27.9 Å². The lowest BCUT2D eigenvalue weighted by Gasteiger charge is -2.15. The molecule has 4 rings (SSSR count). The van der Waals surface area contributed by atoms with Gasteiger partial charge in [-0.05, 0) is 30.0 Å². The lowest BCUT2D eigenvalue weighted by atomic mass is 10.1. The summed E-state index contributed by atoms with van der Waals surface area (Å²) in [7, 11) is 4.79. The Kier molecular flexibility index (Phi) is 6.95. The Morgan fingerprint density at radius 1 is 1.00 bits per heavy atom. The smallest absolute Gasteiger partial charge is 0.255 e. The van der Waals surface area contributed by atoms with Crippen LogP contribution in [0.4, 0.5) is 0 Å². The number of nitrogens with zero attached hydrogens (tertiary/aromatic N) is 2. The van der Waals surface area contributed by atoms with E-state index in [4.69, 9.17) is 19.3 Å². The normalized spacial score (nSPS) is 10.6. The number of carbonyl (C=O) groups excluding carboxylic acids is 1. The van der Waals surface area contributed by atoms with Gasteiger partial charge in [-0.15, -0.1) is 11.3 Å². The average molecular weight is 464 g/mol. The zero-order valence-electron chi connectivity index (χ0n) is 18.7. The zero-order chi connectivity index (χ0) is 23.2. The number of ether oxygens (including phenoxy) is 3. The molecule has 0 aliphatic heterocycles. The summed E-state index contributed by atoms with van der Waals surface area (Å²) >= 11 is 1.55. The first-order valence-corrected chi connectivity index (χ1v) is 11.3. The topological polar surface area (TPSA) is 74.6 Å². The van der Waals surface area contributed by atoms with Gasteiger partial charge in [0.2, 0.25) is 0 Å². The van der Waals surface area contributed by atoms with E-state index in [0.29, 0.717) is 41.5 Å². The summed E-state index contributed by atoms with van der Waals surface area (Å²) in [4.78, 5) is 14.1. The molecule has 0 bridgehead atoms. The number of amides is 1. The van der Waals surface area contributed by atoms with Crippen molar-refractivity contribution in [3.63, 3.8) is 0 Å². The number of rotatable bonds is 9. The largest absolute Gasteiger partial charge is 0.496 e. The number of hydrogen-bond donors (Lipinski definition) is 1. The number of hydrogen-bond acceptors (Lipinski definition) is 6. The SMILES string of the molecule is COc1cc(OC)c(CCNC(=O)c2cn(-c3ccccc3)nc2-c2cccs2)c(OC)c1. The first kappa shape index (κ1) is 22.4. The maximum atomic E-state index is 13.2. The third kappa shape index (κ3) is 4.85. The van der Waals surface area contributed by atoms with Crippen LogP contribution in [0.25, 0.3) is 16.3 Å². The van der Waals surface area contributed by atoms with Crippen LogP contribution in [-0.2, 0) is 6.42 Å². The average Bonchev–Trinajstić information content (AvgIpc) is 3.54. The summed E-state index contributed by atoms with van der Waals surface area (Å²) in [6.45, 7) is 0.401. The minimum absolute atomic E-state index is 0.188. The number of benzene rings is 2. The Morgan fingerprint density at radius 3 is 2.33 bits per heavy atom. The summed E-state index contributed by atoms with van der Waals surface area (Å²) in [6.07, 6.45) is 2.30. The summed E-state index contributed by atoms with van der Waals surface area (Å²) in [5, 5.41) is 9.69. The molecule has 8 heteroatoms. The summed E-state index contributed by atoms with van der Waals surface area (Å²) in [5.74, 6) is 1.76. The Bertz CT molecular complexity index is 1190. The fourth-order valence-electron chi connectivity index (χ4n) is 3.57. The molecule has 33 heavy (non-hydrogen) atoms. The fraction of sp³-hybridized carbons (Fsp3) is 0.200. The quantitative estimate of drug-likeness (QED) is 0.393. The predicted molar refractivity (Wildman–Crippen MR) is 129 cm³/mol.